The van der Waals surface area contributed by atoms with Crippen molar-refractivity contribution in [1.82, 2.24) is 0 Å². The van der Waals surface area contributed by atoms with Crippen LogP contribution in [0.2, 0.25) is 0 Å². The predicted molar refractivity (Wildman–Crippen MR) is 244 cm³/mol. The number of hydrogen-bond donors (Lipinski definition) is 0. The lowest BCUT2D eigenvalue weighted by Gasteiger charge is -2.46. The Labute approximate surface area is 448 Å². The van der Waals surface area contributed by atoms with Crippen molar-refractivity contribution in [3.05, 3.63) is 195 Å². The van der Waals surface area contributed by atoms with E-state index in [0.717, 1.165) is 10.9 Å². The molecule has 7 rings (SSSR count). The average Bonchev–Trinajstić information content (AvgIpc) is 3.32. The van der Waals surface area contributed by atoms with E-state index in [2.05, 4.69) is 0 Å². The van der Waals surface area contributed by atoms with Crippen molar-refractivity contribution in [1.29, 1.82) is 0 Å². The molecular weight excluding hydrogens is 1200 g/mol. The summed E-state index contributed by atoms with van der Waals surface area (Å²) in [5, 5.41) is 0.978. The van der Waals surface area contributed by atoms with Gasteiger partial charge in [0.05, 0.1) is 44.5 Å². The Hall–Kier alpha value is -6.35. The molecule has 0 radical (unpaired) electrons. The molecule has 0 aliphatic heterocycles. The van der Waals surface area contributed by atoms with Crippen molar-refractivity contribution in [2.24, 2.45) is 0 Å². The molecule has 0 amide bonds. The Morgan fingerprint density at radius 3 is 0.875 bits per heavy atom. The summed E-state index contributed by atoms with van der Waals surface area (Å²) < 4.78 is 341. The summed E-state index contributed by atoms with van der Waals surface area (Å²) in [7, 11) is 0. The minimum Gasteiger partial charge on any atom is -0.287 e. The number of para-hydroxylation sites is 1. The summed E-state index contributed by atoms with van der Waals surface area (Å²) in [5.74, 6) is -0.0394. The monoisotopic (exact) mass is 1230 g/mol. The Kier molecular flexibility index (Phi) is 16.9. The molecule has 6 aromatic carbocycles. The van der Waals surface area contributed by atoms with Gasteiger partial charge in [-0.3, -0.25) is 4.79 Å². The molecule has 1 heterocycles. The number of pyridine rings is 1. The van der Waals surface area contributed by atoms with E-state index in [-0.39, 0.29) is 12.3 Å². The van der Waals surface area contributed by atoms with Crippen LogP contribution in [0.25, 0.3) is 10.9 Å². The van der Waals surface area contributed by atoms with Crippen molar-refractivity contribution in [2.75, 3.05) is 0 Å². The van der Waals surface area contributed by atoms with Crippen LogP contribution >= 0.6 is 34.8 Å². The number of Topliss-reactive ketones (excluding diaryl/α,β-unsaturated/α-hetero) is 1. The Bertz CT molecular complexity index is 2990. The van der Waals surface area contributed by atoms with Crippen LogP contribution in [-0.4, -0.2) is 11.9 Å². The van der Waals surface area contributed by atoms with Crippen molar-refractivity contribution in [3.63, 3.8) is 0 Å². The number of carbonyl (C=O) groups is 1. The first-order valence-corrected chi connectivity index (χ1v) is 22.8. The number of hydrogen-bond acceptors (Lipinski definition) is 1. The number of alkyl halides is 27. The Balaban J connectivity index is 0.000000370. The number of ketones is 1. The zero-order valence-corrected chi connectivity index (χ0v) is 40.9. The van der Waals surface area contributed by atoms with E-state index in [1.54, 1.807) is 22.8 Å². The molecule has 0 spiro atoms. The topological polar surface area (TPSA) is 20.9 Å². The van der Waals surface area contributed by atoms with E-state index in [1.807, 2.05) is 48.5 Å². The Morgan fingerprint density at radius 1 is 0.350 bits per heavy atom. The van der Waals surface area contributed by atoms with Crippen LogP contribution in [0.5, 0.6) is 0 Å². The molecule has 0 saturated heterocycles. The molecule has 80 heavy (non-hydrogen) atoms. The quantitative estimate of drug-likeness (QED) is 0.0512. The first-order chi connectivity index (χ1) is 36.2. The van der Waals surface area contributed by atoms with Gasteiger partial charge in [-0.25, -0.2) is 0 Å². The van der Waals surface area contributed by atoms with Crippen LogP contribution in [0.1, 0.15) is 60.6 Å². The molecule has 0 unspecified atom stereocenters. The lowest BCUT2D eigenvalue weighted by Crippen LogP contribution is -2.75. The minimum absolute atomic E-state index is 0.0394. The molecule has 0 aliphatic carbocycles. The lowest BCUT2D eigenvalue weighted by molar-refractivity contribution is -0.665. The molecule has 7 aromatic rings. The number of carbonyl (C=O) groups excluding carboxylic acids is 1. The van der Waals surface area contributed by atoms with Gasteiger partial charge in [-0.1, -0.05) is 126 Å². The summed E-state index contributed by atoms with van der Waals surface area (Å²) >= 11 is 18.3. The van der Waals surface area contributed by atoms with Crippen molar-refractivity contribution >= 4 is 79.5 Å². The lowest BCUT2D eigenvalue weighted by atomic mass is 9.12. The van der Waals surface area contributed by atoms with Gasteiger partial charge in [-0.15, -0.1) is 0 Å². The van der Waals surface area contributed by atoms with E-state index in [0.29, 0.717) is 11.3 Å². The molecule has 0 aliphatic rings. The first-order valence-electron chi connectivity index (χ1n) is 21.7. The van der Waals surface area contributed by atoms with Crippen LogP contribution in [0, 0.1) is 0 Å². The molecular formula is C50H25BCl3F24NO. The van der Waals surface area contributed by atoms with Gasteiger partial charge in [0.25, 0.3) is 3.79 Å². The van der Waals surface area contributed by atoms with E-state index in [1.165, 1.54) is 0 Å². The van der Waals surface area contributed by atoms with Gasteiger partial charge >= 0.3 is 49.4 Å². The number of fused-ring (bicyclic) bond motifs is 1. The zero-order chi connectivity index (χ0) is 60.4. The van der Waals surface area contributed by atoms with Crippen LogP contribution in [0.4, 0.5) is 105 Å². The van der Waals surface area contributed by atoms with Crippen LogP contribution in [0.15, 0.2) is 140 Å². The molecule has 2 nitrogen and oxygen atoms in total. The van der Waals surface area contributed by atoms with E-state index in [4.69, 9.17) is 34.8 Å². The molecule has 0 fully saturated rings. The highest BCUT2D eigenvalue weighted by atomic mass is 35.6. The Morgan fingerprint density at radius 2 is 0.613 bits per heavy atom. The summed E-state index contributed by atoms with van der Waals surface area (Å²) in [6, 6.07) is 11.6. The molecule has 0 N–H and O–H groups in total. The third kappa shape index (κ3) is 14.0. The number of aromatic nitrogens is 1. The van der Waals surface area contributed by atoms with Crippen LogP contribution in [0.3, 0.4) is 0 Å². The predicted octanol–water partition coefficient (Wildman–Crippen LogP) is 16.1. The number of halogens is 27. The average molecular weight is 1230 g/mol. The van der Waals surface area contributed by atoms with E-state index >= 15 is 0 Å². The number of rotatable bonds is 7. The highest BCUT2D eigenvalue weighted by molar-refractivity contribution is 7.20. The normalized spacial score (nSPS) is 13.5. The van der Waals surface area contributed by atoms with E-state index < -0.39 is 199 Å². The van der Waals surface area contributed by atoms with Gasteiger partial charge in [0.1, 0.15) is 6.15 Å². The third-order valence-electron chi connectivity index (χ3n) is 12.1. The largest absolute Gasteiger partial charge is 0.416 e. The second-order valence-corrected chi connectivity index (χ2v) is 19.7. The highest BCUT2D eigenvalue weighted by Crippen LogP contribution is 2.42. The number of benzene rings is 6. The SMILES string of the molecule is FC(F)(F)c1cc([B-](c2cc(C(F)(F)F)cc(C(F)(F)F)c2)(c2cc(C(F)(F)F)cc(C(F)(F)F)c2)c2cc(C(F)(F)F)cc(C(F)(F)F)c2)cc(C(F)(F)F)c1.O=C(C[n+]1c(C(Cl)(Cl)Cl)ccc2ccccc21)c1ccccc1. The van der Waals surface area contributed by atoms with Gasteiger partial charge < -0.3 is 0 Å². The maximum atomic E-state index is 14.2. The maximum Gasteiger partial charge on any atom is 0.416 e. The van der Waals surface area contributed by atoms with Gasteiger partial charge in [-0.05, 0) is 36.4 Å². The fourth-order valence-electron chi connectivity index (χ4n) is 8.61. The van der Waals surface area contributed by atoms with Crippen LogP contribution in [-0.2, 0) is 59.7 Å². The van der Waals surface area contributed by atoms with E-state index in [9.17, 15) is 110 Å². The summed E-state index contributed by atoms with van der Waals surface area (Å²) in [6.07, 6.45) is -54.8. The zero-order valence-electron chi connectivity index (χ0n) is 38.6. The minimum atomic E-state index is -6.13. The second-order valence-electron chi connectivity index (χ2n) is 17.4. The van der Waals surface area contributed by atoms with Gasteiger partial charge in [0.2, 0.25) is 23.5 Å². The fourth-order valence-corrected chi connectivity index (χ4v) is 9.11. The smallest absolute Gasteiger partial charge is 0.287 e. The molecule has 0 atom stereocenters. The molecule has 0 saturated carbocycles. The second kappa shape index (κ2) is 21.5. The summed E-state index contributed by atoms with van der Waals surface area (Å²) in [6.45, 7) is 0.106. The van der Waals surface area contributed by atoms with Crippen molar-refractivity contribution < 1.29 is 115 Å². The van der Waals surface area contributed by atoms with Gasteiger partial charge in [0, 0.05) is 23.1 Å². The van der Waals surface area contributed by atoms with Crippen molar-refractivity contribution in [3.8, 4) is 0 Å². The van der Waals surface area contributed by atoms with Crippen molar-refractivity contribution in [2.45, 2.75) is 59.7 Å². The van der Waals surface area contributed by atoms with Gasteiger partial charge in [0.15, 0.2) is 0 Å². The third-order valence-corrected chi connectivity index (χ3v) is 12.6. The molecule has 1 aromatic heterocycles. The standard InChI is InChI=1S/C32H12BF24.C18H13Cl3NO/c34-25(35,36)13-1-14(26(37,38)39)6-21(5-13)33(22-7-15(27(40,41)42)2-16(8-22)28(43,44)45,23-9-17(29(46,47)48)3-18(10-23)30(49,50)51)24-11-19(31(52,53)54)4-20(12-24)32(55,56)57;19-18(20,21)17-11-10-13-6-4-5-9-15(13)22(17)12-16(23)14-7-2-1-3-8-14/h1-12H;1-11H,12H2/q-1;+1. The first kappa shape index (κ1) is 62.8. The molecule has 428 valence electrons. The summed E-state index contributed by atoms with van der Waals surface area (Å²) in [4.78, 5) is 12.6. The molecule has 30 heteroatoms. The van der Waals surface area contributed by atoms with Crippen LogP contribution < -0.4 is 26.4 Å². The molecule has 0 bridgehead atoms. The maximum absolute atomic E-state index is 14.2. The fraction of sp³-hybridized carbons (Fsp3) is 0.200. The van der Waals surface area contributed by atoms with Gasteiger partial charge in [-0.2, -0.15) is 132 Å². The summed E-state index contributed by atoms with van der Waals surface area (Å²) in [5.41, 5.74) is -28.3. The number of nitrogens with zero attached hydrogens (tertiary/aromatic N) is 1. The highest BCUT2D eigenvalue weighted by Gasteiger charge is 2.47.